The molecule has 1 atom stereocenters. The van der Waals surface area contributed by atoms with Crippen LogP contribution in [0, 0.1) is 0 Å². The molecule has 1 aliphatic heterocycles. The van der Waals surface area contributed by atoms with Gasteiger partial charge in [-0.05, 0) is 30.7 Å². The van der Waals surface area contributed by atoms with Crippen molar-refractivity contribution in [1.29, 1.82) is 0 Å². The molecule has 3 nitrogen and oxygen atoms in total. The quantitative estimate of drug-likeness (QED) is 0.811. The highest BCUT2D eigenvalue weighted by atomic mass is 35.5. The van der Waals surface area contributed by atoms with Gasteiger partial charge in [0.25, 0.3) is 0 Å². The van der Waals surface area contributed by atoms with E-state index >= 15 is 0 Å². The second kappa shape index (κ2) is 5.41. The molecule has 3 rings (SSSR count). The first-order chi connectivity index (χ1) is 10.1. The number of carbonyl (C=O) groups is 1. The summed E-state index contributed by atoms with van der Waals surface area (Å²) in [4.78, 5) is 14.0. The lowest BCUT2D eigenvalue weighted by atomic mass is 9.91. The van der Waals surface area contributed by atoms with E-state index in [0.29, 0.717) is 11.6 Å². The zero-order valence-electron chi connectivity index (χ0n) is 11.8. The van der Waals surface area contributed by atoms with Crippen LogP contribution in [0.5, 0.6) is 0 Å². The van der Waals surface area contributed by atoms with E-state index in [0.717, 1.165) is 17.7 Å². The van der Waals surface area contributed by atoms with Gasteiger partial charge in [0.15, 0.2) is 0 Å². The van der Waals surface area contributed by atoms with Crippen LogP contribution in [0.3, 0.4) is 0 Å². The van der Waals surface area contributed by atoms with E-state index in [9.17, 15) is 4.79 Å². The summed E-state index contributed by atoms with van der Waals surface area (Å²) in [5.41, 5.74) is 1.21. The molecule has 21 heavy (non-hydrogen) atoms. The van der Waals surface area contributed by atoms with Gasteiger partial charge in [-0.3, -0.25) is 4.90 Å². The number of anilines is 1. The topological polar surface area (TPSA) is 29.5 Å². The molecule has 0 aromatic heterocycles. The number of rotatable bonds is 2. The van der Waals surface area contributed by atoms with Gasteiger partial charge in [0, 0.05) is 23.7 Å². The highest BCUT2D eigenvalue weighted by Crippen LogP contribution is 2.35. The van der Waals surface area contributed by atoms with Crippen LogP contribution in [0.15, 0.2) is 54.6 Å². The maximum atomic E-state index is 12.4. The first-order valence-corrected chi connectivity index (χ1v) is 7.28. The lowest BCUT2D eigenvalue weighted by Gasteiger charge is -2.39. The summed E-state index contributed by atoms with van der Waals surface area (Å²) >= 11 is 5.98. The van der Waals surface area contributed by atoms with Crippen molar-refractivity contribution in [2.45, 2.75) is 18.9 Å². The van der Waals surface area contributed by atoms with Crippen LogP contribution in [-0.4, -0.2) is 12.6 Å². The molecule has 2 aromatic carbocycles. The van der Waals surface area contributed by atoms with Gasteiger partial charge in [-0.15, -0.1) is 0 Å². The Morgan fingerprint density at radius 1 is 1.14 bits per heavy atom. The molecule has 1 aliphatic rings. The standard InChI is InChI=1S/C17H16ClNO2/c1-17(13-6-3-2-4-7-13)10-11-19(16(20)21-17)15-9-5-8-14(18)12-15/h2-9,12H,10-11H2,1H3. The van der Waals surface area contributed by atoms with Gasteiger partial charge in [0.2, 0.25) is 0 Å². The van der Waals surface area contributed by atoms with Crippen molar-refractivity contribution >= 4 is 23.4 Å². The summed E-state index contributed by atoms with van der Waals surface area (Å²) in [6, 6.07) is 17.1. The molecule has 0 bridgehead atoms. The molecular formula is C17H16ClNO2. The molecule has 108 valence electrons. The fourth-order valence-corrected chi connectivity index (χ4v) is 2.77. The van der Waals surface area contributed by atoms with Crippen molar-refractivity contribution in [2.24, 2.45) is 0 Å². The predicted octanol–water partition coefficient (Wildman–Crippen LogP) is 4.60. The van der Waals surface area contributed by atoms with Crippen LogP contribution in [0.2, 0.25) is 5.02 Å². The molecule has 0 aliphatic carbocycles. The van der Waals surface area contributed by atoms with Gasteiger partial charge in [0.1, 0.15) is 5.60 Å². The Balaban J connectivity index is 1.83. The number of halogens is 1. The summed E-state index contributed by atoms with van der Waals surface area (Å²) in [7, 11) is 0. The molecule has 0 saturated carbocycles. The van der Waals surface area contributed by atoms with Crippen molar-refractivity contribution in [3.8, 4) is 0 Å². The van der Waals surface area contributed by atoms with Crippen LogP contribution in [0.1, 0.15) is 18.9 Å². The molecular weight excluding hydrogens is 286 g/mol. The fourth-order valence-electron chi connectivity index (χ4n) is 2.59. The number of cyclic esters (lactones) is 1. The summed E-state index contributed by atoms with van der Waals surface area (Å²) in [6.45, 7) is 2.56. The van der Waals surface area contributed by atoms with Crippen LogP contribution in [0.4, 0.5) is 10.5 Å². The van der Waals surface area contributed by atoms with Crippen molar-refractivity contribution < 1.29 is 9.53 Å². The Morgan fingerprint density at radius 3 is 2.57 bits per heavy atom. The molecule has 2 aromatic rings. The van der Waals surface area contributed by atoms with Crippen LogP contribution in [-0.2, 0) is 10.3 Å². The van der Waals surface area contributed by atoms with Crippen molar-refractivity contribution in [1.82, 2.24) is 0 Å². The Bertz CT molecular complexity index is 659. The van der Waals surface area contributed by atoms with Crippen LogP contribution in [0.25, 0.3) is 0 Å². The van der Waals surface area contributed by atoms with Crippen LogP contribution >= 0.6 is 11.6 Å². The van der Waals surface area contributed by atoms with E-state index in [1.807, 2.05) is 49.4 Å². The first-order valence-electron chi connectivity index (χ1n) is 6.90. The zero-order chi connectivity index (χ0) is 14.9. The average molecular weight is 302 g/mol. The maximum Gasteiger partial charge on any atom is 0.415 e. The normalized spacial score (nSPS) is 22.0. The van der Waals surface area contributed by atoms with E-state index in [-0.39, 0.29) is 6.09 Å². The number of ether oxygens (including phenoxy) is 1. The predicted molar refractivity (Wildman–Crippen MR) is 83.7 cm³/mol. The Morgan fingerprint density at radius 2 is 1.90 bits per heavy atom. The molecule has 1 amide bonds. The summed E-state index contributed by atoms with van der Waals surface area (Å²) in [5, 5.41) is 0.608. The lowest BCUT2D eigenvalue weighted by molar-refractivity contribution is 0.00583. The molecule has 0 radical (unpaired) electrons. The van der Waals surface area contributed by atoms with E-state index in [1.165, 1.54) is 0 Å². The second-order valence-electron chi connectivity index (χ2n) is 5.35. The number of amides is 1. The molecule has 0 N–H and O–H groups in total. The molecule has 1 fully saturated rings. The third kappa shape index (κ3) is 2.74. The number of nitrogens with zero attached hydrogens (tertiary/aromatic N) is 1. The molecule has 1 saturated heterocycles. The van der Waals surface area contributed by atoms with Gasteiger partial charge in [-0.25, -0.2) is 4.79 Å². The van der Waals surface area contributed by atoms with Gasteiger partial charge < -0.3 is 4.74 Å². The van der Waals surface area contributed by atoms with Crippen molar-refractivity contribution in [3.05, 3.63) is 65.2 Å². The number of benzene rings is 2. The van der Waals surface area contributed by atoms with E-state index in [2.05, 4.69) is 0 Å². The average Bonchev–Trinajstić information content (AvgIpc) is 2.48. The molecule has 1 heterocycles. The van der Waals surface area contributed by atoms with Gasteiger partial charge in [0.05, 0.1) is 0 Å². The number of hydrogen-bond donors (Lipinski definition) is 0. The molecule has 1 unspecified atom stereocenters. The minimum atomic E-state index is -0.576. The monoisotopic (exact) mass is 301 g/mol. The largest absolute Gasteiger partial charge is 0.438 e. The third-order valence-corrected chi connectivity index (χ3v) is 4.08. The maximum absolute atomic E-state index is 12.4. The number of carbonyl (C=O) groups excluding carboxylic acids is 1. The van der Waals surface area contributed by atoms with Gasteiger partial charge in [-0.1, -0.05) is 48.0 Å². The SMILES string of the molecule is CC1(c2ccccc2)CCN(c2cccc(Cl)c2)C(=O)O1. The number of hydrogen-bond acceptors (Lipinski definition) is 2. The minimum absolute atomic E-state index is 0.338. The summed E-state index contributed by atoms with van der Waals surface area (Å²) in [5.74, 6) is 0. The van der Waals surface area contributed by atoms with Crippen LogP contribution < -0.4 is 4.90 Å². The van der Waals surface area contributed by atoms with Gasteiger partial charge >= 0.3 is 6.09 Å². The van der Waals surface area contributed by atoms with Gasteiger partial charge in [-0.2, -0.15) is 0 Å². The fraction of sp³-hybridized carbons (Fsp3) is 0.235. The Labute approximate surface area is 129 Å². The molecule has 0 spiro atoms. The second-order valence-corrected chi connectivity index (χ2v) is 5.78. The highest BCUT2D eigenvalue weighted by Gasteiger charge is 2.38. The zero-order valence-corrected chi connectivity index (χ0v) is 12.5. The lowest BCUT2D eigenvalue weighted by Crippen LogP contribution is -2.46. The Kier molecular flexibility index (Phi) is 3.60. The van der Waals surface area contributed by atoms with E-state index in [1.54, 1.807) is 17.0 Å². The van der Waals surface area contributed by atoms with E-state index < -0.39 is 5.60 Å². The highest BCUT2D eigenvalue weighted by molar-refractivity contribution is 6.30. The van der Waals surface area contributed by atoms with Crippen molar-refractivity contribution in [3.63, 3.8) is 0 Å². The smallest absolute Gasteiger partial charge is 0.415 e. The molecule has 4 heteroatoms. The van der Waals surface area contributed by atoms with Crippen molar-refractivity contribution in [2.75, 3.05) is 11.4 Å². The van der Waals surface area contributed by atoms with E-state index in [4.69, 9.17) is 16.3 Å². The third-order valence-electron chi connectivity index (χ3n) is 3.85. The minimum Gasteiger partial charge on any atom is -0.438 e. The summed E-state index contributed by atoms with van der Waals surface area (Å²) in [6.07, 6.45) is 0.393. The summed E-state index contributed by atoms with van der Waals surface area (Å²) < 4.78 is 5.71. The first kappa shape index (κ1) is 14.0. The Hall–Kier alpha value is -2.00.